The summed E-state index contributed by atoms with van der Waals surface area (Å²) in [6.45, 7) is 5.33. The van der Waals surface area contributed by atoms with Gasteiger partial charge in [-0.1, -0.05) is 38.1 Å². The van der Waals surface area contributed by atoms with Crippen LogP contribution in [-0.4, -0.2) is 17.3 Å². The highest BCUT2D eigenvalue weighted by Crippen LogP contribution is 2.40. The van der Waals surface area contributed by atoms with Gasteiger partial charge in [0.25, 0.3) is 0 Å². The lowest BCUT2D eigenvalue weighted by atomic mass is 9.93. The van der Waals surface area contributed by atoms with Gasteiger partial charge < -0.3 is 10.4 Å². The van der Waals surface area contributed by atoms with Gasteiger partial charge in [-0.2, -0.15) is 0 Å². The standard InChI is InChI=1S/C16H25NO/c1-3-16(4-2,12-18)17-11-13-6-5-7-15(10-13)14-8-9-14/h5-7,10,14,17-18H,3-4,8-9,11-12H2,1-2H3. The van der Waals surface area contributed by atoms with Crippen molar-refractivity contribution in [2.75, 3.05) is 6.61 Å². The van der Waals surface area contributed by atoms with Crippen molar-refractivity contribution in [2.45, 2.75) is 57.5 Å². The van der Waals surface area contributed by atoms with Gasteiger partial charge in [0.05, 0.1) is 6.61 Å². The molecule has 2 N–H and O–H groups in total. The fourth-order valence-electron chi connectivity index (χ4n) is 2.44. The smallest absolute Gasteiger partial charge is 0.0613 e. The molecule has 0 amide bonds. The molecule has 0 heterocycles. The molecule has 1 aromatic rings. The van der Waals surface area contributed by atoms with E-state index >= 15 is 0 Å². The second-order valence-corrected chi connectivity index (χ2v) is 5.52. The van der Waals surface area contributed by atoms with Crippen LogP contribution in [0.25, 0.3) is 0 Å². The number of rotatable bonds is 7. The van der Waals surface area contributed by atoms with Gasteiger partial charge in [0.2, 0.25) is 0 Å². The molecule has 18 heavy (non-hydrogen) atoms. The maximum atomic E-state index is 9.54. The minimum atomic E-state index is -0.115. The molecule has 0 radical (unpaired) electrons. The number of nitrogens with one attached hydrogen (secondary N) is 1. The average molecular weight is 247 g/mol. The third-order valence-electron chi connectivity index (χ3n) is 4.32. The minimum Gasteiger partial charge on any atom is -0.394 e. The second kappa shape index (κ2) is 5.85. The Morgan fingerprint density at radius 1 is 1.28 bits per heavy atom. The van der Waals surface area contributed by atoms with E-state index in [2.05, 4.69) is 43.4 Å². The van der Waals surface area contributed by atoms with Crippen LogP contribution in [0.2, 0.25) is 0 Å². The van der Waals surface area contributed by atoms with Gasteiger partial charge >= 0.3 is 0 Å². The predicted molar refractivity (Wildman–Crippen MR) is 75.7 cm³/mol. The topological polar surface area (TPSA) is 32.3 Å². The maximum absolute atomic E-state index is 9.54. The third-order valence-corrected chi connectivity index (χ3v) is 4.32. The van der Waals surface area contributed by atoms with Crippen molar-refractivity contribution in [2.24, 2.45) is 0 Å². The Labute approximate surface area is 110 Å². The van der Waals surface area contributed by atoms with Gasteiger partial charge in [-0.05, 0) is 42.7 Å². The molecule has 100 valence electrons. The van der Waals surface area contributed by atoms with Crippen LogP contribution in [0, 0.1) is 0 Å². The molecule has 2 rings (SSSR count). The van der Waals surface area contributed by atoms with Crippen LogP contribution < -0.4 is 5.32 Å². The van der Waals surface area contributed by atoms with Crippen molar-refractivity contribution in [3.63, 3.8) is 0 Å². The summed E-state index contributed by atoms with van der Waals surface area (Å²) in [6.07, 6.45) is 4.62. The lowest BCUT2D eigenvalue weighted by molar-refractivity contribution is 0.149. The molecule has 2 nitrogen and oxygen atoms in total. The van der Waals surface area contributed by atoms with Crippen molar-refractivity contribution < 1.29 is 5.11 Å². The van der Waals surface area contributed by atoms with Gasteiger partial charge in [0.1, 0.15) is 0 Å². The Balaban J connectivity index is 1.98. The Morgan fingerprint density at radius 3 is 2.56 bits per heavy atom. The quantitative estimate of drug-likeness (QED) is 0.775. The predicted octanol–water partition coefficient (Wildman–Crippen LogP) is 3.20. The minimum absolute atomic E-state index is 0.115. The molecule has 1 aliphatic rings. The molecule has 0 spiro atoms. The van der Waals surface area contributed by atoms with Crippen LogP contribution in [0.5, 0.6) is 0 Å². The molecule has 0 aliphatic heterocycles. The number of benzene rings is 1. The zero-order valence-corrected chi connectivity index (χ0v) is 11.6. The zero-order chi connectivity index (χ0) is 13.0. The molecule has 1 aliphatic carbocycles. The van der Waals surface area contributed by atoms with E-state index < -0.39 is 0 Å². The van der Waals surface area contributed by atoms with Gasteiger partial charge in [0, 0.05) is 12.1 Å². The summed E-state index contributed by atoms with van der Waals surface area (Å²) in [6, 6.07) is 8.88. The molecule has 2 heteroatoms. The first-order chi connectivity index (χ1) is 8.73. The normalized spacial score (nSPS) is 15.9. The van der Waals surface area contributed by atoms with E-state index in [0.29, 0.717) is 0 Å². The number of hydrogen-bond donors (Lipinski definition) is 2. The highest BCUT2D eigenvalue weighted by molar-refractivity contribution is 5.29. The molecule has 0 saturated heterocycles. The van der Waals surface area contributed by atoms with E-state index in [1.807, 2.05) is 0 Å². The average Bonchev–Trinajstić information content (AvgIpc) is 3.26. The molecule has 0 unspecified atom stereocenters. The maximum Gasteiger partial charge on any atom is 0.0613 e. The summed E-state index contributed by atoms with van der Waals surface area (Å²) in [5.41, 5.74) is 2.70. The van der Waals surface area contributed by atoms with E-state index in [-0.39, 0.29) is 12.1 Å². The van der Waals surface area contributed by atoms with Crippen molar-refractivity contribution >= 4 is 0 Å². The first kappa shape index (κ1) is 13.6. The summed E-state index contributed by atoms with van der Waals surface area (Å²) in [5.74, 6) is 0.810. The molecule has 1 fully saturated rings. The SMILES string of the molecule is CCC(CC)(CO)NCc1cccc(C2CC2)c1. The molecular weight excluding hydrogens is 222 g/mol. The van der Waals surface area contributed by atoms with Gasteiger partial charge in [0.15, 0.2) is 0 Å². The van der Waals surface area contributed by atoms with Crippen molar-refractivity contribution in [3.8, 4) is 0 Å². The monoisotopic (exact) mass is 247 g/mol. The number of hydrogen-bond acceptors (Lipinski definition) is 2. The van der Waals surface area contributed by atoms with Gasteiger partial charge in [-0.3, -0.25) is 0 Å². The van der Waals surface area contributed by atoms with E-state index in [1.165, 1.54) is 24.0 Å². The highest BCUT2D eigenvalue weighted by Gasteiger charge is 2.25. The van der Waals surface area contributed by atoms with Crippen LogP contribution in [0.3, 0.4) is 0 Å². The second-order valence-electron chi connectivity index (χ2n) is 5.52. The van der Waals surface area contributed by atoms with E-state index in [9.17, 15) is 5.11 Å². The Hall–Kier alpha value is -0.860. The summed E-state index contributed by atoms with van der Waals surface area (Å²) in [4.78, 5) is 0. The fourth-order valence-corrected chi connectivity index (χ4v) is 2.44. The van der Waals surface area contributed by atoms with E-state index in [0.717, 1.165) is 25.3 Å². The summed E-state index contributed by atoms with van der Waals surface area (Å²) in [7, 11) is 0. The molecular formula is C16H25NO. The Bertz CT molecular complexity index is 372. The first-order valence-corrected chi connectivity index (χ1v) is 7.17. The van der Waals surface area contributed by atoms with E-state index in [1.54, 1.807) is 0 Å². The van der Waals surface area contributed by atoms with Gasteiger partial charge in [-0.15, -0.1) is 0 Å². The lowest BCUT2D eigenvalue weighted by Gasteiger charge is -2.31. The molecule has 1 aromatic carbocycles. The van der Waals surface area contributed by atoms with Crippen molar-refractivity contribution in [3.05, 3.63) is 35.4 Å². The molecule has 0 bridgehead atoms. The molecule has 0 atom stereocenters. The highest BCUT2D eigenvalue weighted by atomic mass is 16.3. The first-order valence-electron chi connectivity index (χ1n) is 7.17. The summed E-state index contributed by atoms with van der Waals surface area (Å²) in [5, 5.41) is 13.1. The third kappa shape index (κ3) is 3.12. The summed E-state index contributed by atoms with van der Waals surface area (Å²) < 4.78 is 0. The van der Waals surface area contributed by atoms with Crippen LogP contribution in [0.4, 0.5) is 0 Å². The molecule has 1 saturated carbocycles. The van der Waals surface area contributed by atoms with Crippen molar-refractivity contribution in [1.29, 1.82) is 0 Å². The van der Waals surface area contributed by atoms with Crippen LogP contribution in [0.15, 0.2) is 24.3 Å². The largest absolute Gasteiger partial charge is 0.394 e. The van der Waals surface area contributed by atoms with Crippen LogP contribution >= 0.6 is 0 Å². The van der Waals surface area contributed by atoms with Crippen LogP contribution in [0.1, 0.15) is 56.6 Å². The zero-order valence-electron chi connectivity index (χ0n) is 11.6. The number of aliphatic hydroxyl groups is 1. The summed E-state index contributed by atoms with van der Waals surface area (Å²) >= 11 is 0. The molecule has 0 aromatic heterocycles. The Kier molecular flexibility index (Phi) is 4.41. The Morgan fingerprint density at radius 2 is 2.00 bits per heavy atom. The van der Waals surface area contributed by atoms with E-state index in [4.69, 9.17) is 0 Å². The van der Waals surface area contributed by atoms with Crippen LogP contribution in [-0.2, 0) is 6.54 Å². The van der Waals surface area contributed by atoms with Crippen molar-refractivity contribution in [1.82, 2.24) is 5.32 Å². The number of aliphatic hydroxyl groups excluding tert-OH is 1. The lowest BCUT2D eigenvalue weighted by Crippen LogP contribution is -2.47. The fraction of sp³-hybridized carbons (Fsp3) is 0.625. The van der Waals surface area contributed by atoms with Gasteiger partial charge in [-0.25, -0.2) is 0 Å².